The Labute approximate surface area is 173 Å². The summed E-state index contributed by atoms with van der Waals surface area (Å²) in [6.07, 6.45) is 0. The number of carbonyl (C=O) groups is 3. The summed E-state index contributed by atoms with van der Waals surface area (Å²) >= 11 is 0. The van der Waals surface area contributed by atoms with E-state index in [1.165, 1.54) is 58.2 Å². The third-order valence-corrected chi connectivity index (χ3v) is 3.81. The molecule has 0 aromatic heterocycles. The van der Waals surface area contributed by atoms with Gasteiger partial charge in [0.05, 0.1) is 12.8 Å². The van der Waals surface area contributed by atoms with E-state index in [2.05, 4.69) is 10.6 Å². The maximum absolute atomic E-state index is 13.0. The van der Waals surface area contributed by atoms with Crippen molar-refractivity contribution in [3.8, 4) is 11.5 Å². The van der Waals surface area contributed by atoms with Crippen LogP contribution in [0.15, 0.2) is 42.5 Å². The van der Waals surface area contributed by atoms with E-state index in [-0.39, 0.29) is 11.7 Å². The fraction of sp³-hybridized carbons (Fsp3) is 0.286. The number of amides is 2. The van der Waals surface area contributed by atoms with Crippen LogP contribution in [0.25, 0.3) is 0 Å². The van der Waals surface area contributed by atoms with Gasteiger partial charge in [-0.25, -0.2) is 9.18 Å². The van der Waals surface area contributed by atoms with E-state index in [0.717, 1.165) is 0 Å². The standard InChI is InChI=1S/C21H23FN2O6/c1-13(25)23-15-7-10-18(28-4)17(11-15)24-19(26)12-29-20(27)21(2,3)30-16-8-5-14(22)6-9-16/h5-11H,12H2,1-4H3,(H,23,25)(H,24,26). The molecule has 8 nitrogen and oxygen atoms in total. The monoisotopic (exact) mass is 418 g/mol. The van der Waals surface area contributed by atoms with Crippen molar-refractivity contribution in [1.29, 1.82) is 0 Å². The molecule has 0 aliphatic carbocycles. The second kappa shape index (κ2) is 9.73. The highest BCUT2D eigenvalue weighted by molar-refractivity contribution is 5.96. The van der Waals surface area contributed by atoms with Crippen LogP contribution in [-0.2, 0) is 19.1 Å². The normalized spacial score (nSPS) is 10.7. The zero-order valence-corrected chi connectivity index (χ0v) is 17.1. The number of methoxy groups -OCH3 is 1. The van der Waals surface area contributed by atoms with E-state index in [1.54, 1.807) is 12.1 Å². The maximum atomic E-state index is 13.0. The van der Waals surface area contributed by atoms with Gasteiger partial charge < -0.3 is 24.8 Å². The van der Waals surface area contributed by atoms with Gasteiger partial charge in [-0.05, 0) is 56.3 Å². The molecular weight excluding hydrogens is 395 g/mol. The minimum atomic E-state index is -1.40. The Kier molecular flexibility index (Phi) is 7.35. The van der Waals surface area contributed by atoms with Gasteiger partial charge in [-0.1, -0.05) is 0 Å². The summed E-state index contributed by atoms with van der Waals surface area (Å²) in [5.41, 5.74) is -0.641. The maximum Gasteiger partial charge on any atom is 0.350 e. The molecular formula is C21H23FN2O6. The van der Waals surface area contributed by atoms with Crippen molar-refractivity contribution >= 4 is 29.2 Å². The van der Waals surface area contributed by atoms with Crippen LogP contribution in [-0.4, -0.2) is 37.1 Å². The van der Waals surface area contributed by atoms with Crippen molar-refractivity contribution < 1.29 is 33.0 Å². The number of esters is 1. The van der Waals surface area contributed by atoms with Gasteiger partial charge >= 0.3 is 5.97 Å². The fourth-order valence-electron chi connectivity index (χ4n) is 2.42. The highest BCUT2D eigenvalue weighted by Gasteiger charge is 2.32. The molecule has 2 aromatic carbocycles. The Balaban J connectivity index is 1.97. The van der Waals surface area contributed by atoms with Gasteiger partial charge in [-0.2, -0.15) is 0 Å². The average molecular weight is 418 g/mol. The Hall–Kier alpha value is -3.62. The smallest absolute Gasteiger partial charge is 0.350 e. The quantitative estimate of drug-likeness (QED) is 0.639. The first-order chi connectivity index (χ1) is 14.1. The van der Waals surface area contributed by atoms with Gasteiger partial charge in [0.15, 0.2) is 12.2 Å². The molecule has 9 heteroatoms. The van der Waals surface area contributed by atoms with Crippen LogP contribution in [0.2, 0.25) is 0 Å². The summed E-state index contributed by atoms with van der Waals surface area (Å²) in [6, 6.07) is 9.87. The highest BCUT2D eigenvalue weighted by Crippen LogP contribution is 2.28. The Morgan fingerprint density at radius 2 is 1.70 bits per heavy atom. The average Bonchev–Trinajstić information content (AvgIpc) is 2.67. The zero-order chi connectivity index (χ0) is 22.3. The molecule has 0 bridgehead atoms. The first kappa shape index (κ1) is 22.7. The summed E-state index contributed by atoms with van der Waals surface area (Å²) in [7, 11) is 1.43. The van der Waals surface area contributed by atoms with Crippen molar-refractivity contribution in [1.82, 2.24) is 0 Å². The number of hydrogen-bond acceptors (Lipinski definition) is 6. The first-order valence-electron chi connectivity index (χ1n) is 8.98. The Morgan fingerprint density at radius 3 is 2.30 bits per heavy atom. The molecule has 160 valence electrons. The SMILES string of the molecule is COc1ccc(NC(C)=O)cc1NC(=O)COC(=O)C(C)(C)Oc1ccc(F)cc1. The van der Waals surface area contributed by atoms with E-state index in [9.17, 15) is 18.8 Å². The van der Waals surface area contributed by atoms with Gasteiger partial charge in [0.25, 0.3) is 5.91 Å². The zero-order valence-electron chi connectivity index (χ0n) is 17.1. The summed E-state index contributed by atoms with van der Waals surface area (Å²) < 4.78 is 28.7. The van der Waals surface area contributed by atoms with Crippen LogP contribution in [0.3, 0.4) is 0 Å². The lowest BCUT2D eigenvalue weighted by atomic mass is 10.1. The second-order valence-corrected chi connectivity index (χ2v) is 6.79. The van der Waals surface area contributed by atoms with Crippen molar-refractivity contribution in [2.24, 2.45) is 0 Å². The van der Waals surface area contributed by atoms with Gasteiger partial charge in [0.1, 0.15) is 17.3 Å². The molecule has 0 fully saturated rings. The Morgan fingerprint density at radius 1 is 1.03 bits per heavy atom. The van der Waals surface area contributed by atoms with Crippen LogP contribution in [0.5, 0.6) is 11.5 Å². The summed E-state index contributed by atoms with van der Waals surface area (Å²) in [6.45, 7) is 3.73. The molecule has 0 unspecified atom stereocenters. The van der Waals surface area contributed by atoms with E-state index in [0.29, 0.717) is 17.1 Å². The van der Waals surface area contributed by atoms with Gasteiger partial charge in [0, 0.05) is 12.6 Å². The lowest BCUT2D eigenvalue weighted by Gasteiger charge is -2.24. The summed E-state index contributed by atoms with van der Waals surface area (Å²) in [5.74, 6) is -1.45. The van der Waals surface area contributed by atoms with Crippen LogP contribution in [0.4, 0.5) is 15.8 Å². The summed E-state index contributed by atoms with van der Waals surface area (Å²) in [5, 5.41) is 5.16. The van der Waals surface area contributed by atoms with E-state index in [1.807, 2.05) is 0 Å². The lowest BCUT2D eigenvalue weighted by molar-refractivity contribution is -0.161. The number of anilines is 2. The molecule has 0 saturated carbocycles. The van der Waals surface area contributed by atoms with Crippen LogP contribution < -0.4 is 20.1 Å². The third kappa shape index (κ3) is 6.47. The van der Waals surface area contributed by atoms with Crippen molar-refractivity contribution in [2.75, 3.05) is 24.4 Å². The summed E-state index contributed by atoms with van der Waals surface area (Å²) in [4.78, 5) is 35.7. The number of nitrogens with one attached hydrogen (secondary N) is 2. The number of hydrogen-bond donors (Lipinski definition) is 2. The predicted molar refractivity (Wildman–Crippen MR) is 108 cm³/mol. The minimum Gasteiger partial charge on any atom is -0.495 e. The van der Waals surface area contributed by atoms with Crippen molar-refractivity contribution in [2.45, 2.75) is 26.4 Å². The number of rotatable bonds is 8. The van der Waals surface area contributed by atoms with Crippen molar-refractivity contribution in [3.63, 3.8) is 0 Å². The van der Waals surface area contributed by atoms with Crippen molar-refractivity contribution in [3.05, 3.63) is 48.3 Å². The molecule has 2 rings (SSSR count). The molecule has 0 saturated heterocycles. The molecule has 0 aliphatic heterocycles. The molecule has 0 aliphatic rings. The largest absolute Gasteiger partial charge is 0.495 e. The minimum absolute atomic E-state index is 0.269. The van der Waals surface area contributed by atoms with Crippen LogP contribution in [0.1, 0.15) is 20.8 Å². The van der Waals surface area contributed by atoms with Crippen LogP contribution >= 0.6 is 0 Å². The molecule has 2 N–H and O–H groups in total. The molecule has 30 heavy (non-hydrogen) atoms. The molecule has 2 aromatic rings. The van der Waals surface area contributed by atoms with E-state index < -0.39 is 29.9 Å². The Bertz CT molecular complexity index is 928. The number of carbonyl (C=O) groups excluding carboxylic acids is 3. The lowest BCUT2D eigenvalue weighted by Crippen LogP contribution is -2.41. The van der Waals surface area contributed by atoms with E-state index in [4.69, 9.17) is 14.2 Å². The van der Waals surface area contributed by atoms with Crippen LogP contribution in [0, 0.1) is 5.82 Å². The predicted octanol–water partition coefficient (Wildman–Crippen LogP) is 3.13. The molecule has 0 radical (unpaired) electrons. The highest BCUT2D eigenvalue weighted by atomic mass is 19.1. The fourth-order valence-corrected chi connectivity index (χ4v) is 2.42. The third-order valence-electron chi connectivity index (χ3n) is 3.81. The topological polar surface area (TPSA) is 103 Å². The molecule has 0 spiro atoms. The molecule has 2 amide bonds. The number of ether oxygens (including phenoxy) is 3. The second-order valence-electron chi connectivity index (χ2n) is 6.79. The van der Waals surface area contributed by atoms with E-state index >= 15 is 0 Å². The van der Waals surface area contributed by atoms with Gasteiger partial charge in [-0.15, -0.1) is 0 Å². The van der Waals surface area contributed by atoms with Gasteiger partial charge in [-0.3, -0.25) is 9.59 Å². The van der Waals surface area contributed by atoms with Gasteiger partial charge in [0.2, 0.25) is 5.91 Å². The number of halogens is 1. The molecule has 0 heterocycles. The molecule has 0 atom stereocenters. The first-order valence-corrected chi connectivity index (χ1v) is 8.98. The number of benzene rings is 2.